The Labute approximate surface area is 166 Å². The lowest BCUT2D eigenvalue weighted by Gasteiger charge is -2.22. The van der Waals surface area contributed by atoms with E-state index in [1.54, 1.807) is 12.3 Å². The van der Waals surface area contributed by atoms with Gasteiger partial charge in [0.2, 0.25) is 0 Å². The fourth-order valence-corrected chi connectivity index (χ4v) is 4.03. The van der Waals surface area contributed by atoms with Gasteiger partial charge in [-0.15, -0.1) is 0 Å². The number of nitrogens with one attached hydrogen (secondary N) is 2. The average Bonchev–Trinajstić information content (AvgIpc) is 3.04. The van der Waals surface area contributed by atoms with Crippen molar-refractivity contribution in [2.75, 3.05) is 11.9 Å². The Morgan fingerprint density at radius 3 is 2.71 bits per heavy atom. The molecule has 0 aromatic carbocycles. The number of aryl methyl sites for hydroxylation is 1. The highest BCUT2D eigenvalue weighted by Gasteiger charge is 2.23. The zero-order valence-electron chi connectivity index (χ0n) is 16.9. The lowest BCUT2D eigenvalue weighted by Crippen LogP contribution is -2.18. The highest BCUT2D eigenvalue weighted by Crippen LogP contribution is 2.28. The molecule has 0 aliphatic heterocycles. The van der Waals surface area contributed by atoms with Crippen LogP contribution in [0.1, 0.15) is 78.1 Å². The van der Waals surface area contributed by atoms with E-state index in [1.807, 2.05) is 19.9 Å². The normalized spacial score (nSPS) is 14.7. The SMILES string of the molecule is CCc1c(C(=O)Nc2ncccc2OCC2CCCCC2)[nH]c(C)c1C(C)=O. The van der Waals surface area contributed by atoms with Crippen molar-refractivity contribution in [2.45, 2.75) is 59.3 Å². The summed E-state index contributed by atoms with van der Waals surface area (Å²) in [5.74, 6) is 1.19. The highest BCUT2D eigenvalue weighted by molar-refractivity contribution is 6.07. The molecular weight excluding hydrogens is 354 g/mol. The van der Waals surface area contributed by atoms with Gasteiger partial charge in [0.15, 0.2) is 17.4 Å². The smallest absolute Gasteiger partial charge is 0.273 e. The molecule has 0 bridgehead atoms. The number of carbonyl (C=O) groups excluding carboxylic acids is 2. The van der Waals surface area contributed by atoms with Gasteiger partial charge in [-0.1, -0.05) is 26.2 Å². The van der Waals surface area contributed by atoms with Crippen LogP contribution in [-0.2, 0) is 6.42 Å². The second-order valence-electron chi connectivity index (χ2n) is 7.51. The molecule has 6 heteroatoms. The van der Waals surface area contributed by atoms with Gasteiger partial charge >= 0.3 is 0 Å². The fourth-order valence-electron chi connectivity index (χ4n) is 4.03. The molecule has 1 aliphatic rings. The zero-order chi connectivity index (χ0) is 20.1. The third-order valence-corrected chi connectivity index (χ3v) is 5.43. The molecule has 0 spiro atoms. The second kappa shape index (κ2) is 9.04. The molecule has 28 heavy (non-hydrogen) atoms. The number of hydrogen-bond acceptors (Lipinski definition) is 4. The van der Waals surface area contributed by atoms with Crippen LogP contribution in [0.4, 0.5) is 5.82 Å². The molecule has 0 atom stereocenters. The van der Waals surface area contributed by atoms with Crippen molar-refractivity contribution < 1.29 is 14.3 Å². The number of anilines is 1. The first-order valence-corrected chi connectivity index (χ1v) is 10.1. The minimum absolute atomic E-state index is 0.0426. The molecular formula is C22H29N3O3. The van der Waals surface area contributed by atoms with Crippen molar-refractivity contribution in [3.63, 3.8) is 0 Å². The van der Waals surface area contributed by atoms with E-state index in [4.69, 9.17) is 4.74 Å². The number of amides is 1. The number of Topliss-reactive ketones (excluding diaryl/α,β-unsaturated/α-hetero) is 1. The van der Waals surface area contributed by atoms with Crippen LogP contribution >= 0.6 is 0 Å². The van der Waals surface area contributed by atoms with Crippen LogP contribution in [0.15, 0.2) is 18.3 Å². The van der Waals surface area contributed by atoms with E-state index < -0.39 is 0 Å². The van der Waals surface area contributed by atoms with Gasteiger partial charge in [-0.3, -0.25) is 9.59 Å². The second-order valence-corrected chi connectivity index (χ2v) is 7.51. The third kappa shape index (κ3) is 4.43. The summed E-state index contributed by atoms with van der Waals surface area (Å²) in [6.07, 6.45) is 8.43. The summed E-state index contributed by atoms with van der Waals surface area (Å²) in [4.78, 5) is 32.2. The van der Waals surface area contributed by atoms with Crippen LogP contribution in [0, 0.1) is 12.8 Å². The first-order valence-electron chi connectivity index (χ1n) is 10.1. The van der Waals surface area contributed by atoms with Crippen molar-refractivity contribution in [3.8, 4) is 5.75 Å². The van der Waals surface area contributed by atoms with Crippen molar-refractivity contribution in [2.24, 2.45) is 5.92 Å². The van der Waals surface area contributed by atoms with Crippen LogP contribution in [0.2, 0.25) is 0 Å². The van der Waals surface area contributed by atoms with Crippen LogP contribution in [0.3, 0.4) is 0 Å². The van der Waals surface area contributed by atoms with Gasteiger partial charge in [0.1, 0.15) is 5.69 Å². The van der Waals surface area contributed by atoms with E-state index in [9.17, 15) is 9.59 Å². The Bertz CT molecular complexity index is 851. The van der Waals surface area contributed by atoms with Gasteiger partial charge in [0.05, 0.1) is 6.61 Å². The molecule has 2 aromatic rings. The molecule has 6 nitrogen and oxygen atoms in total. The van der Waals surface area contributed by atoms with Gasteiger partial charge < -0.3 is 15.0 Å². The Kier molecular flexibility index (Phi) is 6.49. The minimum Gasteiger partial charge on any atom is -0.489 e. The lowest BCUT2D eigenvalue weighted by molar-refractivity contribution is 0.101. The molecule has 0 unspecified atom stereocenters. The predicted molar refractivity (Wildman–Crippen MR) is 109 cm³/mol. The molecule has 1 amide bonds. The van der Waals surface area contributed by atoms with Crippen LogP contribution in [-0.4, -0.2) is 28.3 Å². The largest absolute Gasteiger partial charge is 0.489 e. The van der Waals surface area contributed by atoms with E-state index in [0.717, 1.165) is 5.56 Å². The molecule has 0 radical (unpaired) electrons. The monoisotopic (exact) mass is 383 g/mol. The van der Waals surface area contributed by atoms with Crippen LogP contribution in [0.25, 0.3) is 0 Å². The Morgan fingerprint density at radius 1 is 1.29 bits per heavy atom. The number of H-pyrrole nitrogens is 1. The van der Waals surface area contributed by atoms with E-state index in [0.29, 0.717) is 47.5 Å². The number of nitrogens with zero attached hydrogens (tertiary/aromatic N) is 1. The molecule has 2 N–H and O–H groups in total. The fraction of sp³-hybridized carbons (Fsp3) is 0.500. The first kappa shape index (κ1) is 20.1. The molecule has 2 heterocycles. The Balaban J connectivity index is 1.76. The summed E-state index contributed by atoms with van der Waals surface area (Å²) in [6.45, 7) is 5.91. The standard InChI is InChI=1S/C22H29N3O3/c1-4-17-19(15(3)26)14(2)24-20(17)22(27)25-21-18(11-8-12-23-21)28-13-16-9-6-5-7-10-16/h8,11-12,16,24H,4-7,9-10,13H2,1-3H3,(H,23,25,27). The van der Waals surface area contributed by atoms with Gasteiger partial charge in [-0.05, 0) is 56.7 Å². The topological polar surface area (TPSA) is 84.1 Å². The quantitative estimate of drug-likeness (QED) is 0.679. The van der Waals surface area contributed by atoms with Gasteiger partial charge in [0, 0.05) is 17.5 Å². The number of rotatable bonds is 7. The maximum Gasteiger partial charge on any atom is 0.273 e. The summed E-state index contributed by atoms with van der Waals surface area (Å²) in [5.41, 5.74) is 2.46. The zero-order valence-corrected chi connectivity index (χ0v) is 16.9. The van der Waals surface area contributed by atoms with E-state index in [1.165, 1.54) is 39.0 Å². The number of ether oxygens (including phenoxy) is 1. The predicted octanol–water partition coefficient (Wildman–Crippen LogP) is 4.69. The first-order chi connectivity index (χ1) is 13.5. The molecule has 0 saturated heterocycles. The number of hydrogen-bond donors (Lipinski definition) is 2. The average molecular weight is 383 g/mol. The molecule has 1 aliphatic carbocycles. The number of aromatic amines is 1. The van der Waals surface area contributed by atoms with Crippen molar-refractivity contribution in [3.05, 3.63) is 40.8 Å². The van der Waals surface area contributed by atoms with Crippen LogP contribution < -0.4 is 10.1 Å². The minimum atomic E-state index is -0.311. The molecule has 1 saturated carbocycles. The van der Waals surface area contributed by atoms with E-state index in [-0.39, 0.29) is 11.7 Å². The summed E-state index contributed by atoms with van der Waals surface area (Å²) < 4.78 is 6.00. The summed E-state index contributed by atoms with van der Waals surface area (Å²) in [5, 5.41) is 2.85. The summed E-state index contributed by atoms with van der Waals surface area (Å²) >= 11 is 0. The molecule has 1 fully saturated rings. The Hall–Kier alpha value is -2.63. The van der Waals surface area contributed by atoms with Gasteiger partial charge in [-0.25, -0.2) is 4.98 Å². The van der Waals surface area contributed by atoms with Crippen molar-refractivity contribution in [1.82, 2.24) is 9.97 Å². The summed E-state index contributed by atoms with van der Waals surface area (Å²) in [6, 6.07) is 3.63. The van der Waals surface area contributed by atoms with Crippen molar-refractivity contribution >= 4 is 17.5 Å². The number of ketones is 1. The maximum atomic E-state index is 12.9. The van der Waals surface area contributed by atoms with Gasteiger partial charge in [0.25, 0.3) is 5.91 Å². The van der Waals surface area contributed by atoms with Crippen LogP contribution in [0.5, 0.6) is 5.75 Å². The van der Waals surface area contributed by atoms with Gasteiger partial charge in [-0.2, -0.15) is 0 Å². The number of pyridine rings is 1. The molecule has 2 aromatic heterocycles. The van der Waals surface area contributed by atoms with E-state index >= 15 is 0 Å². The lowest BCUT2D eigenvalue weighted by atomic mass is 9.90. The maximum absolute atomic E-state index is 12.9. The third-order valence-electron chi connectivity index (χ3n) is 5.43. The Morgan fingerprint density at radius 2 is 2.04 bits per heavy atom. The molecule has 3 rings (SSSR count). The van der Waals surface area contributed by atoms with E-state index in [2.05, 4.69) is 15.3 Å². The highest BCUT2D eigenvalue weighted by atomic mass is 16.5. The molecule has 150 valence electrons. The van der Waals surface area contributed by atoms with Crippen molar-refractivity contribution in [1.29, 1.82) is 0 Å². The summed E-state index contributed by atoms with van der Waals surface area (Å²) in [7, 11) is 0. The number of carbonyl (C=O) groups is 2. The number of aromatic nitrogens is 2.